The van der Waals surface area contributed by atoms with Crippen LogP contribution in [0.4, 0.5) is 5.82 Å². The zero-order valence-corrected chi connectivity index (χ0v) is 9.35. The van der Waals surface area contributed by atoms with E-state index in [1.807, 2.05) is 0 Å². The fraction of sp³-hybridized carbons (Fsp3) is 0.111. The number of aromatic nitrogens is 3. The minimum absolute atomic E-state index is 0.345. The first-order valence-electron chi connectivity index (χ1n) is 4.44. The average Bonchev–Trinajstić information content (AvgIpc) is 2.65. The molecule has 2 N–H and O–H groups in total. The third-order valence-electron chi connectivity index (χ3n) is 1.99. The molecule has 0 aliphatic heterocycles. The molecule has 7 heteroatoms. The van der Waals surface area contributed by atoms with Gasteiger partial charge in [-0.2, -0.15) is 0 Å². The second-order valence-corrected chi connectivity index (χ2v) is 5.19. The monoisotopic (exact) mass is 238 g/mol. The molecule has 16 heavy (non-hydrogen) atoms. The van der Waals surface area contributed by atoms with Gasteiger partial charge >= 0.3 is 0 Å². The van der Waals surface area contributed by atoms with E-state index in [1.54, 1.807) is 12.1 Å². The summed E-state index contributed by atoms with van der Waals surface area (Å²) in [6.07, 6.45) is 5.54. The van der Waals surface area contributed by atoms with E-state index in [9.17, 15) is 8.42 Å². The van der Waals surface area contributed by atoms with E-state index in [1.165, 1.54) is 18.6 Å². The molecule has 0 spiro atoms. The van der Waals surface area contributed by atoms with Crippen LogP contribution in [0.3, 0.4) is 0 Å². The number of rotatable bonds is 2. The highest BCUT2D eigenvalue weighted by Gasteiger charge is 2.08. The zero-order chi connectivity index (χ0) is 11.8. The summed E-state index contributed by atoms with van der Waals surface area (Å²) in [5, 5.41) is 0. The van der Waals surface area contributed by atoms with E-state index in [0.717, 1.165) is 10.2 Å². The summed E-state index contributed by atoms with van der Waals surface area (Å²) in [7, 11) is -3.27. The second-order valence-electron chi connectivity index (χ2n) is 3.30. The third kappa shape index (κ3) is 2.03. The molecule has 0 amide bonds. The minimum atomic E-state index is -3.27. The lowest BCUT2D eigenvalue weighted by molar-refractivity contribution is 0.593. The van der Waals surface area contributed by atoms with Crippen molar-refractivity contribution in [2.75, 3.05) is 12.0 Å². The van der Waals surface area contributed by atoms with E-state index in [-0.39, 0.29) is 0 Å². The van der Waals surface area contributed by atoms with Gasteiger partial charge in [-0.3, -0.25) is 3.97 Å². The predicted octanol–water partition coefficient (Wildman–Crippen LogP) is 0.335. The van der Waals surface area contributed by atoms with Crippen LogP contribution in [0, 0.1) is 0 Å². The van der Waals surface area contributed by atoms with E-state index in [0.29, 0.717) is 17.2 Å². The first-order chi connectivity index (χ1) is 7.47. The summed E-state index contributed by atoms with van der Waals surface area (Å²) in [6.45, 7) is 0. The van der Waals surface area contributed by atoms with E-state index in [2.05, 4.69) is 9.97 Å². The van der Waals surface area contributed by atoms with Gasteiger partial charge in [0.05, 0.1) is 6.26 Å². The van der Waals surface area contributed by atoms with Crippen molar-refractivity contribution in [1.82, 2.24) is 13.9 Å². The van der Waals surface area contributed by atoms with Crippen molar-refractivity contribution in [1.29, 1.82) is 0 Å². The van der Waals surface area contributed by atoms with E-state index >= 15 is 0 Å². The average molecular weight is 238 g/mol. The van der Waals surface area contributed by atoms with Crippen LogP contribution in [0.15, 0.2) is 30.7 Å². The maximum absolute atomic E-state index is 11.2. The van der Waals surface area contributed by atoms with Crippen LogP contribution >= 0.6 is 0 Å². The van der Waals surface area contributed by atoms with Gasteiger partial charge in [0.1, 0.15) is 5.82 Å². The standard InChI is InChI=1S/C9H10N4O2S/c1-16(14,15)13-5-3-7(6-13)9-11-4-2-8(10)12-9/h2-6H,1H3,(H2,10,11,12). The number of hydrogen-bond acceptors (Lipinski definition) is 5. The Hall–Kier alpha value is -1.89. The Balaban J connectivity index is 2.47. The summed E-state index contributed by atoms with van der Waals surface area (Å²) in [5.41, 5.74) is 6.12. The minimum Gasteiger partial charge on any atom is -0.384 e. The van der Waals surface area contributed by atoms with Gasteiger partial charge in [0, 0.05) is 24.2 Å². The quantitative estimate of drug-likeness (QED) is 0.814. The Morgan fingerprint density at radius 1 is 1.38 bits per heavy atom. The van der Waals surface area contributed by atoms with Gasteiger partial charge in [0.15, 0.2) is 5.82 Å². The number of nitrogens with zero attached hydrogens (tertiary/aromatic N) is 3. The Bertz CT molecular complexity index is 618. The lowest BCUT2D eigenvalue weighted by Gasteiger charge is -1.98. The Morgan fingerprint density at radius 2 is 2.12 bits per heavy atom. The van der Waals surface area contributed by atoms with E-state index < -0.39 is 10.0 Å². The van der Waals surface area contributed by atoms with Crippen molar-refractivity contribution in [3.8, 4) is 11.4 Å². The summed E-state index contributed by atoms with van der Waals surface area (Å²) in [5.74, 6) is 0.750. The van der Waals surface area contributed by atoms with Crippen LogP contribution in [0.2, 0.25) is 0 Å². The fourth-order valence-electron chi connectivity index (χ4n) is 1.23. The van der Waals surface area contributed by atoms with Gasteiger partial charge in [-0.25, -0.2) is 18.4 Å². The molecule has 2 rings (SSSR count). The normalized spacial score (nSPS) is 11.6. The maximum atomic E-state index is 11.2. The lowest BCUT2D eigenvalue weighted by atomic mass is 10.3. The van der Waals surface area contributed by atoms with Crippen LogP contribution < -0.4 is 5.73 Å². The molecule has 0 atom stereocenters. The molecule has 0 fully saturated rings. The highest BCUT2D eigenvalue weighted by Crippen LogP contribution is 2.16. The Kier molecular flexibility index (Phi) is 2.39. The molecule has 0 aliphatic carbocycles. The molecule has 0 aromatic carbocycles. The van der Waals surface area contributed by atoms with Crippen molar-refractivity contribution in [3.05, 3.63) is 30.7 Å². The molecule has 0 radical (unpaired) electrons. The third-order valence-corrected chi connectivity index (χ3v) is 2.98. The number of anilines is 1. The number of nitrogens with two attached hydrogens (primary N) is 1. The van der Waals surface area contributed by atoms with Gasteiger partial charge in [-0.15, -0.1) is 0 Å². The molecule has 2 aromatic heterocycles. The molecule has 6 nitrogen and oxygen atoms in total. The largest absolute Gasteiger partial charge is 0.384 e. The molecule has 0 aliphatic rings. The molecule has 0 unspecified atom stereocenters. The molecular weight excluding hydrogens is 228 g/mol. The zero-order valence-electron chi connectivity index (χ0n) is 8.53. The maximum Gasteiger partial charge on any atom is 0.235 e. The van der Waals surface area contributed by atoms with Crippen LogP contribution in [-0.4, -0.2) is 28.6 Å². The Morgan fingerprint density at radius 3 is 2.69 bits per heavy atom. The molecule has 0 saturated heterocycles. The Labute approximate surface area is 92.8 Å². The first-order valence-corrected chi connectivity index (χ1v) is 6.29. The smallest absolute Gasteiger partial charge is 0.235 e. The topological polar surface area (TPSA) is 90.9 Å². The van der Waals surface area contributed by atoms with Crippen molar-refractivity contribution < 1.29 is 8.42 Å². The van der Waals surface area contributed by atoms with Crippen molar-refractivity contribution in [2.24, 2.45) is 0 Å². The molecule has 0 saturated carbocycles. The van der Waals surface area contributed by atoms with E-state index in [4.69, 9.17) is 5.73 Å². The van der Waals surface area contributed by atoms with Crippen LogP contribution in [0.25, 0.3) is 11.4 Å². The van der Waals surface area contributed by atoms with Gasteiger partial charge < -0.3 is 5.73 Å². The molecule has 0 bridgehead atoms. The van der Waals surface area contributed by atoms with Gasteiger partial charge in [-0.1, -0.05) is 0 Å². The molecule has 2 heterocycles. The van der Waals surface area contributed by atoms with Crippen LogP contribution in [-0.2, 0) is 10.0 Å². The van der Waals surface area contributed by atoms with Gasteiger partial charge in [0.25, 0.3) is 0 Å². The summed E-state index contributed by atoms with van der Waals surface area (Å²) >= 11 is 0. The number of nitrogen functional groups attached to an aromatic ring is 1. The summed E-state index contributed by atoms with van der Waals surface area (Å²) in [6, 6.07) is 3.19. The predicted molar refractivity (Wildman–Crippen MR) is 60.1 cm³/mol. The van der Waals surface area contributed by atoms with Gasteiger partial charge in [-0.05, 0) is 12.1 Å². The van der Waals surface area contributed by atoms with Crippen molar-refractivity contribution in [3.63, 3.8) is 0 Å². The van der Waals surface area contributed by atoms with Crippen LogP contribution in [0.5, 0.6) is 0 Å². The van der Waals surface area contributed by atoms with Crippen LogP contribution in [0.1, 0.15) is 0 Å². The molecule has 2 aromatic rings. The first kappa shape index (κ1) is 10.6. The highest BCUT2D eigenvalue weighted by atomic mass is 32.2. The highest BCUT2D eigenvalue weighted by molar-refractivity contribution is 7.89. The lowest BCUT2D eigenvalue weighted by Crippen LogP contribution is -2.06. The number of hydrogen-bond donors (Lipinski definition) is 1. The SMILES string of the molecule is CS(=O)(=O)n1ccc(-c2nccc(N)n2)c1. The molecular formula is C9H10N4O2S. The fourth-order valence-corrected chi connectivity index (χ4v) is 1.81. The van der Waals surface area contributed by atoms with Crippen molar-refractivity contribution in [2.45, 2.75) is 0 Å². The van der Waals surface area contributed by atoms with Crippen molar-refractivity contribution >= 4 is 15.8 Å². The van der Waals surface area contributed by atoms with Gasteiger partial charge in [0.2, 0.25) is 10.0 Å². The summed E-state index contributed by atoms with van der Waals surface area (Å²) < 4.78 is 23.6. The molecule has 84 valence electrons. The summed E-state index contributed by atoms with van der Waals surface area (Å²) in [4.78, 5) is 8.00. The second kappa shape index (κ2) is 3.60.